The topological polar surface area (TPSA) is 24.5 Å². The Hall–Kier alpha value is -2.40. The van der Waals surface area contributed by atoms with Crippen LogP contribution in [0.4, 0.5) is 8.78 Å². The van der Waals surface area contributed by atoms with Crippen molar-refractivity contribution in [2.24, 2.45) is 11.8 Å². The number of hydrogen-bond acceptors (Lipinski definition) is 3. The number of benzene rings is 2. The molecule has 0 radical (unpaired) electrons. The lowest BCUT2D eigenvalue weighted by molar-refractivity contribution is 0.0855. The zero-order chi connectivity index (χ0) is 22.3. The molecular weight excluding hydrogens is 406 g/mol. The van der Waals surface area contributed by atoms with E-state index < -0.39 is 11.8 Å². The molecule has 2 fully saturated rings. The van der Waals surface area contributed by atoms with Gasteiger partial charge in [-0.3, -0.25) is 4.90 Å². The number of rotatable bonds is 9. The molecule has 0 bridgehead atoms. The van der Waals surface area contributed by atoms with Crippen LogP contribution in [0.25, 0.3) is 0 Å². The second-order valence-electron chi connectivity index (χ2n) is 9.87. The summed E-state index contributed by atoms with van der Waals surface area (Å²) in [6, 6.07) is 14.9. The highest BCUT2D eigenvalue weighted by Crippen LogP contribution is 2.48. The standard InChI is InChI=1S/C27H32F2N2O/c1-18-14-31(15-21-5-3-20(4-6-21)13-30-19(2)22-7-8-22)16-23-9-10-25(11-26(18)23)32-17-24-12-27(24,28)29/h3-6,9-11,18,22,24,30H,2,7-8,12-17H2,1H3. The van der Waals surface area contributed by atoms with Gasteiger partial charge in [0.15, 0.2) is 0 Å². The van der Waals surface area contributed by atoms with E-state index in [2.05, 4.69) is 60.1 Å². The fourth-order valence-electron chi connectivity index (χ4n) is 4.64. The van der Waals surface area contributed by atoms with Gasteiger partial charge in [-0.25, -0.2) is 8.78 Å². The lowest BCUT2D eigenvalue weighted by Gasteiger charge is -2.33. The Morgan fingerprint density at radius 2 is 1.88 bits per heavy atom. The minimum Gasteiger partial charge on any atom is -0.493 e. The molecule has 1 N–H and O–H groups in total. The van der Waals surface area contributed by atoms with Gasteiger partial charge in [-0.2, -0.15) is 0 Å². The number of ether oxygens (including phenoxy) is 1. The van der Waals surface area contributed by atoms with Gasteiger partial charge in [0.1, 0.15) is 5.75 Å². The molecule has 2 aromatic carbocycles. The first-order valence-electron chi connectivity index (χ1n) is 11.7. The summed E-state index contributed by atoms with van der Waals surface area (Å²) in [5.41, 5.74) is 6.35. The van der Waals surface area contributed by atoms with Crippen molar-refractivity contribution in [3.8, 4) is 5.75 Å². The van der Waals surface area contributed by atoms with Crippen molar-refractivity contribution in [3.05, 3.63) is 77.0 Å². The van der Waals surface area contributed by atoms with Crippen molar-refractivity contribution in [1.29, 1.82) is 0 Å². The molecule has 2 unspecified atom stereocenters. The Morgan fingerprint density at radius 1 is 1.16 bits per heavy atom. The third kappa shape index (κ3) is 4.98. The van der Waals surface area contributed by atoms with Gasteiger partial charge in [0, 0.05) is 38.3 Å². The molecule has 32 heavy (non-hydrogen) atoms. The first-order valence-corrected chi connectivity index (χ1v) is 11.7. The molecule has 2 saturated carbocycles. The van der Waals surface area contributed by atoms with E-state index in [0.717, 1.165) is 26.2 Å². The van der Waals surface area contributed by atoms with Gasteiger partial charge < -0.3 is 10.1 Å². The highest BCUT2D eigenvalue weighted by molar-refractivity contribution is 5.39. The molecule has 3 aliphatic rings. The largest absolute Gasteiger partial charge is 0.493 e. The summed E-state index contributed by atoms with van der Waals surface area (Å²) in [7, 11) is 0. The van der Waals surface area contributed by atoms with Crippen LogP contribution in [-0.2, 0) is 19.6 Å². The predicted molar refractivity (Wildman–Crippen MR) is 123 cm³/mol. The third-order valence-electron chi connectivity index (χ3n) is 7.00. The molecule has 0 spiro atoms. The molecule has 1 aliphatic heterocycles. The van der Waals surface area contributed by atoms with Gasteiger partial charge >= 0.3 is 0 Å². The highest BCUT2D eigenvalue weighted by atomic mass is 19.3. The van der Waals surface area contributed by atoms with Gasteiger partial charge in [-0.15, -0.1) is 0 Å². The minimum absolute atomic E-state index is 0.0451. The van der Waals surface area contributed by atoms with E-state index in [1.807, 2.05) is 6.07 Å². The SMILES string of the molecule is C=C(NCc1ccc(CN2Cc3ccc(OCC4CC4(F)F)cc3C(C)C2)cc1)C1CC1. The Morgan fingerprint density at radius 3 is 2.56 bits per heavy atom. The Balaban J connectivity index is 1.15. The van der Waals surface area contributed by atoms with E-state index in [9.17, 15) is 8.78 Å². The summed E-state index contributed by atoms with van der Waals surface area (Å²) in [6.45, 7) is 10.1. The zero-order valence-corrected chi connectivity index (χ0v) is 18.7. The van der Waals surface area contributed by atoms with Gasteiger partial charge in [0.2, 0.25) is 0 Å². The fourth-order valence-corrected chi connectivity index (χ4v) is 4.64. The van der Waals surface area contributed by atoms with Crippen LogP contribution < -0.4 is 10.1 Å². The number of halogens is 2. The molecule has 1 heterocycles. The lowest BCUT2D eigenvalue weighted by atomic mass is 9.90. The van der Waals surface area contributed by atoms with Crippen molar-refractivity contribution in [3.63, 3.8) is 0 Å². The highest BCUT2D eigenvalue weighted by Gasteiger charge is 2.57. The number of alkyl halides is 2. The van der Waals surface area contributed by atoms with E-state index in [4.69, 9.17) is 4.74 Å². The number of allylic oxidation sites excluding steroid dienone is 1. The summed E-state index contributed by atoms with van der Waals surface area (Å²) in [4.78, 5) is 2.47. The van der Waals surface area contributed by atoms with Crippen molar-refractivity contribution in [1.82, 2.24) is 10.2 Å². The molecule has 0 aromatic heterocycles. The van der Waals surface area contributed by atoms with Crippen molar-refractivity contribution < 1.29 is 13.5 Å². The van der Waals surface area contributed by atoms with E-state index >= 15 is 0 Å². The summed E-state index contributed by atoms with van der Waals surface area (Å²) < 4.78 is 31.8. The maximum Gasteiger partial charge on any atom is 0.255 e. The van der Waals surface area contributed by atoms with Gasteiger partial charge in [-0.1, -0.05) is 43.8 Å². The molecule has 0 amide bonds. The molecule has 0 saturated heterocycles. The molecular formula is C27H32F2N2O. The second-order valence-corrected chi connectivity index (χ2v) is 9.87. The average Bonchev–Trinajstić information content (AvgIpc) is 3.69. The van der Waals surface area contributed by atoms with E-state index in [1.165, 1.54) is 40.8 Å². The molecule has 2 aromatic rings. The van der Waals surface area contributed by atoms with Crippen LogP contribution in [0.5, 0.6) is 5.75 Å². The van der Waals surface area contributed by atoms with Crippen LogP contribution >= 0.6 is 0 Å². The summed E-state index contributed by atoms with van der Waals surface area (Å²) in [6.07, 6.45) is 2.50. The van der Waals surface area contributed by atoms with Crippen molar-refractivity contribution >= 4 is 0 Å². The molecule has 170 valence electrons. The monoisotopic (exact) mass is 438 g/mol. The maximum atomic E-state index is 13.1. The summed E-state index contributed by atoms with van der Waals surface area (Å²) in [5, 5.41) is 3.45. The van der Waals surface area contributed by atoms with E-state index in [0.29, 0.717) is 17.6 Å². The first kappa shape index (κ1) is 21.4. The molecule has 2 aliphatic carbocycles. The van der Waals surface area contributed by atoms with E-state index in [1.54, 1.807) is 0 Å². The van der Waals surface area contributed by atoms with Crippen LogP contribution in [0, 0.1) is 11.8 Å². The number of nitrogens with one attached hydrogen (secondary N) is 1. The van der Waals surface area contributed by atoms with Crippen molar-refractivity contribution in [2.75, 3.05) is 13.2 Å². The third-order valence-corrected chi connectivity index (χ3v) is 7.00. The number of nitrogens with zero attached hydrogens (tertiary/aromatic N) is 1. The van der Waals surface area contributed by atoms with Gasteiger partial charge in [-0.05, 0) is 59.1 Å². The molecule has 5 heteroatoms. The number of hydrogen-bond donors (Lipinski definition) is 1. The first-order chi connectivity index (χ1) is 15.4. The van der Waals surface area contributed by atoms with Gasteiger partial charge in [0.05, 0.1) is 12.5 Å². The Labute approximate surface area is 189 Å². The van der Waals surface area contributed by atoms with Crippen LogP contribution in [0.2, 0.25) is 0 Å². The van der Waals surface area contributed by atoms with Crippen LogP contribution in [-0.4, -0.2) is 24.0 Å². The normalized spacial score (nSPS) is 24.0. The quantitative estimate of drug-likeness (QED) is 0.531. The maximum absolute atomic E-state index is 13.1. The number of fused-ring (bicyclic) bond motifs is 1. The van der Waals surface area contributed by atoms with Crippen molar-refractivity contribution in [2.45, 2.75) is 57.7 Å². The van der Waals surface area contributed by atoms with E-state index in [-0.39, 0.29) is 13.0 Å². The Bertz CT molecular complexity index is 984. The lowest BCUT2D eigenvalue weighted by Crippen LogP contribution is -2.32. The predicted octanol–water partition coefficient (Wildman–Crippen LogP) is 5.85. The average molecular weight is 439 g/mol. The minimum atomic E-state index is -2.53. The van der Waals surface area contributed by atoms with Crippen LogP contribution in [0.15, 0.2) is 54.7 Å². The van der Waals surface area contributed by atoms with Crippen LogP contribution in [0.3, 0.4) is 0 Å². The molecule has 2 atom stereocenters. The second kappa shape index (κ2) is 8.51. The van der Waals surface area contributed by atoms with Crippen LogP contribution in [0.1, 0.15) is 54.4 Å². The zero-order valence-electron chi connectivity index (χ0n) is 18.7. The summed E-state index contributed by atoms with van der Waals surface area (Å²) in [5.74, 6) is -1.38. The Kier molecular flexibility index (Phi) is 5.70. The summed E-state index contributed by atoms with van der Waals surface area (Å²) >= 11 is 0. The smallest absolute Gasteiger partial charge is 0.255 e. The molecule has 5 rings (SSSR count). The molecule has 3 nitrogen and oxygen atoms in total. The van der Waals surface area contributed by atoms with Gasteiger partial charge in [0.25, 0.3) is 5.92 Å². The fraction of sp³-hybridized carbons (Fsp3) is 0.481.